The molecule has 3 heterocycles. The number of rotatable bonds is 5. The largest absolute Gasteiger partial charge is 0.443 e. The second-order valence-corrected chi connectivity index (χ2v) is 14.7. The topological polar surface area (TPSA) is 69.6 Å². The molecule has 0 saturated carbocycles. The number of benzene rings is 7. The minimum Gasteiger partial charge on any atom is -0.443 e. The van der Waals surface area contributed by atoms with Crippen molar-refractivity contribution >= 4 is 32.9 Å². The maximum Gasteiger partial charge on any atom is 0.181 e. The third kappa shape index (κ3) is 4.88. The molecular formula is C49H33N5O. The molecule has 1 aliphatic carbocycles. The molecule has 3 aromatic heterocycles. The Hall–Kier alpha value is -7.18. The van der Waals surface area contributed by atoms with Crippen molar-refractivity contribution in [1.29, 1.82) is 0 Å². The summed E-state index contributed by atoms with van der Waals surface area (Å²) in [5.74, 6) is 1.91. The van der Waals surface area contributed by atoms with Crippen LogP contribution in [-0.2, 0) is 5.41 Å². The number of hydrogen-bond donors (Lipinski definition) is 0. The van der Waals surface area contributed by atoms with Crippen molar-refractivity contribution in [3.8, 4) is 62.1 Å². The van der Waals surface area contributed by atoms with Gasteiger partial charge < -0.3 is 8.98 Å². The summed E-state index contributed by atoms with van der Waals surface area (Å²) in [5.41, 5.74) is 14.9. The van der Waals surface area contributed by atoms with Crippen LogP contribution in [0.3, 0.4) is 0 Å². The van der Waals surface area contributed by atoms with Crippen LogP contribution in [0.5, 0.6) is 0 Å². The Morgan fingerprint density at radius 2 is 1.04 bits per heavy atom. The molecule has 0 bridgehead atoms. The van der Waals surface area contributed by atoms with Gasteiger partial charge in [0.05, 0.1) is 11.0 Å². The van der Waals surface area contributed by atoms with Crippen molar-refractivity contribution < 1.29 is 4.42 Å². The molecule has 55 heavy (non-hydrogen) atoms. The second-order valence-electron chi connectivity index (χ2n) is 14.7. The molecule has 6 heteroatoms. The summed E-state index contributed by atoms with van der Waals surface area (Å²) in [5, 5.41) is 2.28. The van der Waals surface area contributed by atoms with Gasteiger partial charge in [0.15, 0.2) is 29.4 Å². The molecule has 0 atom stereocenters. The van der Waals surface area contributed by atoms with Crippen LogP contribution in [0, 0.1) is 0 Å². The van der Waals surface area contributed by atoms with Gasteiger partial charge in [-0.15, -0.1) is 0 Å². The molecule has 6 nitrogen and oxygen atoms in total. The molecule has 0 fully saturated rings. The van der Waals surface area contributed by atoms with E-state index in [4.69, 9.17) is 19.4 Å². The summed E-state index contributed by atoms with van der Waals surface area (Å²) in [6, 6.07) is 55.3. The predicted octanol–water partition coefficient (Wildman–Crippen LogP) is 12.1. The first-order valence-electron chi connectivity index (χ1n) is 18.5. The van der Waals surface area contributed by atoms with Crippen molar-refractivity contribution in [2.24, 2.45) is 0 Å². The van der Waals surface area contributed by atoms with Gasteiger partial charge in [-0.2, -0.15) is 0 Å². The van der Waals surface area contributed by atoms with Crippen molar-refractivity contribution in [3.63, 3.8) is 0 Å². The summed E-state index contributed by atoms with van der Waals surface area (Å²) < 4.78 is 8.12. The lowest BCUT2D eigenvalue weighted by atomic mass is 9.81. The van der Waals surface area contributed by atoms with E-state index in [9.17, 15) is 0 Å². The molecule has 0 aliphatic heterocycles. The van der Waals surface area contributed by atoms with Crippen LogP contribution in [0.4, 0.5) is 0 Å². The van der Waals surface area contributed by atoms with E-state index in [2.05, 4.69) is 114 Å². The smallest absolute Gasteiger partial charge is 0.181 e. The van der Waals surface area contributed by atoms with E-state index in [0.29, 0.717) is 17.5 Å². The average Bonchev–Trinajstić information content (AvgIpc) is 3.92. The fourth-order valence-corrected chi connectivity index (χ4v) is 8.53. The number of oxazole rings is 1. The van der Waals surface area contributed by atoms with Crippen LogP contribution in [0.1, 0.15) is 25.0 Å². The monoisotopic (exact) mass is 707 g/mol. The van der Waals surface area contributed by atoms with E-state index in [-0.39, 0.29) is 5.41 Å². The highest BCUT2D eigenvalue weighted by molar-refractivity contribution is 6.11. The van der Waals surface area contributed by atoms with E-state index >= 15 is 0 Å². The second kappa shape index (κ2) is 11.9. The van der Waals surface area contributed by atoms with Crippen LogP contribution in [-0.4, -0.2) is 24.5 Å². The van der Waals surface area contributed by atoms with Crippen LogP contribution in [0.15, 0.2) is 169 Å². The van der Waals surface area contributed by atoms with Crippen LogP contribution < -0.4 is 0 Å². The molecule has 0 unspecified atom stereocenters. The van der Waals surface area contributed by atoms with Gasteiger partial charge in [-0.05, 0) is 81.9 Å². The van der Waals surface area contributed by atoms with Gasteiger partial charge in [0.2, 0.25) is 0 Å². The summed E-state index contributed by atoms with van der Waals surface area (Å²) in [4.78, 5) is 19.7. The molecule has 7 aromatic carbocycles. The van der Waals surface area contributed by atoms with E-state index in [0.717, 1.165) is 60.8 Å². The third-order valence-corrected chi connectivity index (χ3v) is 11.2. The molecule has 260 valence electrons. The molecule has 1 aliphatic rings. The Kier molecular flexibility index (Phi) is 6.79. The van der Waals surface area contributed by atoms with Gasteiger partial charge >= 0.3 is 0 Å². The van der Waals surface area contributed by atoms with E-state index in [1.807, 2.05) is 66.7 Å². The maximum atomic E-state index is 5.73. The first kappa shape index (κ1) is 31.4. The SMILES string of the molecule is CC1(C)c2cc(-n3c4ccc(-c5ccccc5)cc4c4cc(-c5nc(-c6ccccc6)nc(-c6ccccc6)n5)ccc43)ccc2-c2ccc3ocnc3c21. The lowest BCUT2D eigenvalue weighted by Gasteiger charge is -2.22. The summed E-state index contributed by atoms with van der Waals surface area (Å²) >= 11 is 0. The zero-order valence-electron chi connectivity index (χ0n) is 30.2. The van der Waals surface area contributed by atoms with E-state index < -0.39 is 0 Å². The minimum atomic E-state index is -0.269. The number of aromatic nitrogens is 5. The molecule has 0 spiro atoms. The first-order chi connectivity index (χ1) is 27.0. The predicted molar refractivity (Wildman–Crippen MR) is 221 cm³/mol. The van der Waals surface area contributed by atoms with Gasteiger partial charge in [-0.25, -0.2) is 19.9 Å². The summed E-state index contributed by atoms with van der Waals surface area (Å²) in [7, 11) is 0. The van der Waals surface area contributed by atoms with Crippen LogP contribution >= 0.6 is 0 Å². The Bertz CT molecular complexity index is 3050. The highest BCUT2D eigenvalue weighted by Gasteiger charge is 2.38. The normalized spacial score (nSPS) is 13.1. The van der Waals surface area contributed by atoms with Crippen molar-refractivity contribution in [3.05, 3.63) is 175 Å². The third-order valence-electron chi connectivity index (χ3n) is 11.2. The van der Waals surface area contributed by atoms with Gasteiger partial charge in [0.25, 0.3) is 0 Å². The quantitative estimate of drug-likeness (QED) is 0.178. The number of hydrogen-bond acceptors (Lipinski definition) is 5. The van der Waals surface area contributed by atoms with E-state index in [1.54, 1.807) is 6.39 Å². The van der Waals surface area contributed by atoms with Gasteiger partial charge in [0.1, 0.15) is 5.52 Å². The highest BCUT2D eigenvalue weighted by Crippen LogP contribution is 2.52. The van der Waals surface area contributed by atoms with Crippen molar-refractivity contribution in [1.82, 2.24) is 24.5 Å². The lowest BCUT2D eigenvalue weighted by Crippen LogP contribution is -2.16. The fourth-order valence-electron chi connectivity index (χ4n) is 8.53. The highest BCUT2D eigenvalue weighted by atomic mass is 16.3. The minimum absolute atomic E-state index is 0.269. The van der Waals surface area contributed by atoms with E-state index in [1.165, 1.54) is 27.8 Å². The average molecular weight is 708 g/mol. The maximum absolute atomic E-state index is 5.73. The van der Waals surface area contributed by atoms with Crippen molar-refractivity contribution in [2.45, 2.75) is 19.3 Å². The first-order valence-corrected chi connectivity index (χ1v) is 18.5. The Balaban J connectivity index is 1.13. The zero-order valence-corrected chi connectivity index (χ0v) is 30.2. The molecule has 0 N–H and O–H groups in total. The lowest BCUT2D eigenvalue weighted by molar-refractivity contribution is 0.602. The van der Waals surface area contributed by atoms with Gasteiger partial charge in [-0.1, -0.05) is 123 Å². The molecule has 0 radical (unpaired) electrons. The number of fused-ring (bicyclic) bond motifs is 8. The standard InChI is InChI=1S/C49H33N5O/c1-49(2)40-28-35(20-21-36(40)37-22-25-43-45(44(37)49)50-29-55-43)54-41-23-18-33(30-12-6-3-7-13-30)26-38(41)39-27-34(19-24-42(39)54)48-52-46(31-14-8-4-9-15-31)51-47(53-48)32-16-10-5-11-17-32/h3-29H,1-2H3. The molecule has 0 saturated heterocycles. The Morgan fingerprint density at radius 1 is 0.491 bits per heavy atom. The fraction of sp³-hybridized carbons (Fsp3) is 0.0612. The molecule has 10 aromatic rings. The van der Waals surface area contributed by atoms with Crippen molar-refractivity contribution in [2.75, 3.05) is 0 Å². The Labute approximate surface area is 317 Å². The Morgan fingerprint density at radius 3 is 1.67 bits per heavy atom. The zero-order chi connectivity index (χ0) is 36.7. The van der Waals surface area contributed by atoms with Crippen LogP contribution in [0.2, 0.25) is 0 Å². The molecular weight excluding hydrogens is 675 g/mol. The molecule has 11 rings (SSSR count). The molecule has 0 amide bonds. The summed E-state index contributed by atoms with van der Waals surface area (Å²) in [6.45, 7) is 4.59. The van der Waals surface area contributed by atoms with Crippen LogP contribution in [0.25, 0.3) is 95.0 Å². The summed E-state index contributed by atoms with van der Waals surface area (Å²) in [6.07, 6.45) is 1.55. The number of nitrogens with zero attached hydrogens (tertiary/aromatic N) is 5. The van der Waals surface area contributed by atoms with Gasteiger partial charge in [0, 0.05) is 38.6 Å². The van der Waals surface area contributed by atoms with Gasteiger partial charge in [-0.3, -0.25) is 0 Å².